The molecule has 1 saturated heterocycles. The Bertz CT molecular complexity index is 321. The molecule has 5 heteroatoms. The van der Waals surface area contributed by atoms with Crippen LogP contribution in [0.25, 0.3) is 0 Å². The molecule has 0 aliphatic carbocycles. The molecule has 0 aromatic carbocycles. The summed E-state index contributed by atoms with van der Waals surface area (Å²) < 4.78 is 5.30. The maximum absolute atomic E-state index is 12.2. The molecule has 1 aliphatic rings. The second kappa shape index (κ2) is 6.89. The highest BCUT2D eigenvalue weighted by atomic mass is 16.5. The third kappa shape index (κ3) is 5.59. The van der Waals surface area contributed by atoms with Crippen LogP contribution in [-0.2, 0) is 14.3 Å². The third-order valence-electron chi connectivity index (χ3n) is 3.81. The summed E-state index contributed by atoms with van der Waals surface area (Å²) in [6.45, 7) is 7.13. The molecular formula is C14H25NO4. The molecule has 19 heavy (non-hydrogen) atoms. The van der Waals surface area contributed by atoms with Crippen molar-refractivity contribution in [1.82, 2.24) is 5.32 Å². The lowest BCUT2D eigenvalue weighted by Gasteiger charge is -2.31. The number of amides is 1. The highest BCUT2D eigenvalue weighted by Crippen LogP contribution is 2.24. The first kappa shape index (κ1) is 16.0. The van der Waals surface area contributed by atoms with Gasteiger partial charge in [-0.25, -0.2) is 0 Å². The van der Waals surface area contributed by atoms with Gasteiger partial charge in [0.1, 0.15) is 0 Å². The molecule has 0 bridgehead atoms. The van der Waals surface area contributed by atoms with Crippen LogP contribution in [0.2, 0.25) is 0 Å². The van der Waals surface area contributed by atoms with E-state index in [9.17, 15) is 9.59 Å². The molecule has 0 saturated carbocycles. The second-order valence-corrected chi connectivity index (χ2v) is 6.01. The minimum absolute atomic E-state index is 0.0160. The predicted octanol–water partition coefficient (Wildman–Crippen LogP) is 1.81. The number of aliphatic carboxylic acids is 1. The van der Waals surface area contributed by atoms with Gasteiger partial charge in [0.2, 0.25) is 5.91 Å². The van der Waals surface area contributed by atoms with Gasteiger partial charge in [0.25, 0.3) is 0 Å². The van der Waals surface area contributed by atoms with Crippen molar-refractivity contribution >= 4 is 11.9 Å². The lowest BCUT2D eigenvalue weighted by atomic mass is 9.86. The first-order chi connectivity index (χ1) is 8.82. The Hall–Kier alpha value is -1.10. The maximum atomic E-state index is 12.2. The maximum Gasteiger partial charge on any atom is 0.303 e. The monoisotopic (exact) mass is 271 g/mol. The Labute approximate surface area is 114 Å². The number of rotatable bonds is 6. The zero-order valence-electron chi connectivity index (χ0n) is 12.1. The van der Waals surface area contributed by atoms with E-state index in [4.69, 9.17) is 9.84 Å². The molecule has 110 valence electrons. The van der Waals surface area contributed by atoms with Gasteiger partial charge in [-0.2, -0.15) is 0 Å². The van der Waals surface area contributed by atoms with Crippen LogP contribution in [0.1, 0.15) is 46.5 Å². The van der Waals surface area contributed by atoms with Crippen LogP contribution in [0.3, 0.4) is 0 Å². The molecule has 0 aromatic heterocycles. The largest absolute Gasteiger partial charge is 0.481 e. The summed E-state index contributed by atoms with van der Waals surface area (Å²) in [6.07, 6.45) is 2.35. The summed E-state index contributed by atoms with van der Waals surface area (Å²) in [5.41, 5.74) is -0.477. The van der Waals surface area contributed by atoms with Crippen molar-refractivity contribution in [1.29, 1.82) is 0 Å². The quantitative estimate of drug-likeness (QED) is 0.772. The van der Waals surface area contributed by atoms with Gasteiger partial charge in [0, 0.05) is 31.1 Å². The highest BCUT2D eigenvalue weighted by molar-refractivity contribution is 5.79. The van der Waals surface area contributed by atoms with Crippen LogP contribution in [0.5, 0.6) is 0 Å². The van der Waals surface area contributed by atoms with Gasteiger partial charge in [-0.3, -0.25) is 9.59 Å². The number of hydrogen-bond donors (Lipinski definition) is 2. The summed E-state index contributed by atoms with van der Waals surface area (Å²) in [7, 11) is 0. The van der Waals surface area contributed by atoms with Crippen molar-refractivity contribution in [2.75, 3.05) is 13.2 Å². The smallest absolute Gasteiger partial charge is 0.303 e. The van der Waals surface area contributed by atoms with E-state index in [1.165, 1.54) is 0 Å². The van der Waals surface area contributed by atoms with Gasteiger partial charge >= 0.3 is 5.97 Å². The zero-order chi connectivity index (χ0) is 14.5. The van der Waals surface area contributed by atoms with Crippen LogP contribution >= 0.6 is 0 Å². The van der Waals surface area contributed by atoms with Gasteiger partial charge in [-0.05, 0) is 39.0 Å². The van der Waals surface area contributed by atoms with Gasteiger partial charge in [-0.15, -0.1) is 0 Å². The lowest BCUT2D eigenvalue weighted by molar-refractivity contribution is -0.138. The Morgan fingerprint density at radius 1 is 1.37 bits per heavy atom. The van der Waals surface area contributed by atoms with Crippen LogP contribution in [0.15, 0.2) is 0 Å². The standard InChI is InChI=1S/C14H25NO4/c1-10(11-5-8-19-9-6-11)13(18)15-14(2,3)7-4-12(16)17/h10-11H,4-9H2,1-3H3,(H,15,18)(H,16,17). The molecule has 1 amide bonds. The Balaban J connectivity index is 2.45. The second-order valence-electron chi connectivity index (χ2n) is 6.01. The van der Waals surface area contributed by atoms with Gasteiger partial charge < -0.3 is 15.2 Å². The van der Waals surface area contributed by atoms with Crippen molar-refractivity contribution in [2.24, 2.45) is 11.8 Å². The number of carbonyl (C=O) groups excluding carboxylic acids is 1. The van der Waals surface area contributed by atoms with E-state index in [2.05, 4.69) is 5.32 Å². The summed E-state index contributed by atoms with van der Waals surface area (Å²) >= 11 is 0. The fourth-order valence-corrected chi connectivity index (χ4v) is 2.36. The highest BCUT2D eigenvalue weighted by Gasteiger charge is 2.29. The molecule has 5 nitrogen and oxygen atoms in total. The van der Waals surface area contributed by atoms with Gasteiger partial charge in [0.05, 0.1) is 0 Å². The molecule has 2 N–H and O–H groups in total. The topological polar surface area (TPSA) is 75.6 Å². The lowest BCUT2D eigenvalue weighted by Crippen LogP contribution is -2.47. The molecule has 1 atom stereocenters. The van der Waals surface area contributed by atoms with Crippen LogP contribution in [0, 0.1) is 11.8 Å². The molecule has 1 fully saturated rings. The number of carbonyl (C=O) groups is 2. The molecule has 1 heterocycles. The minimum Gasteiger partial charge on any atom is -0.481 e. The number of carboxylic acids is 1. The number of hydrogen-bond acceptors (Lipinski definition) is 3. The minimum atomic E-state index is -0.834. The average molecular weight is 271 g/mol. The predicted molar refractivity (Wildman–Crippen MR) is 71.8 cm³/mol. The van der Waals surface area contributed by atoms with E-state index in [1.807, 2.05) is 20.8 Å². The van der Waals surface area contributed by atoms with Gasteiger partial charge in [0.15, 0.2) is 0 Å². The number of carboxylic acid groups (broad SMARTS) is 1. The van der Waals surface area contributed by atoms with E-state index in [-0.39, 0.29) is 18.2 Å². The zero-order valence-corrected chi connectivity index (χ0v) is 12.1. The van der Waals surface area contributed by atoms with Crippen LogP contribution < -0.4 is 5.32 Å². The first-order valence-corrected chi connectivity index (χ1v) is 6.93. The van der Waals surface area contributed by atoms with E-state index >= 15 is 0 Å². The van der Waals surface area contributed by atoms with Crippen molar-refractivity contribution in [2.45, 2.75) is 52.0 Å². The average Bonchev–Trinajstić information content (AvgIpc) is 2.36. The van der Waals surface area contributed by atoms with Gasteiger partial charge in [-0.1, -0.05) is 6.92 Å². The SMILES string of the molecule is CC(C(=O)NC(C)(C)CCC(=O)O)C1CCOCC1. The Morgan fingerprint density at radius 2 is 1.95 bits per heavy atom. The fraction of sp³-hybridized carbons (Fsp3) is 0.857. The van der Waals surface area contributed by atoms with Crippen molar-refractivity contribution in [3.63, 3.8) is 0 Å². The molecular weight excluding hydrogens is 246 g/mol. The van der Waals surface area contributed by atoms with Crippen LogP contribution in [0.4, 0.5) is 0 Å². The normalized spacial score (nSPS) is 18.9. The Kier molecular flexibility index (Phi) is 5.79. The molecule has 0 radical (unpaired) electrons. The summed E-state index contributed by atoms with van der Waals surface area (Å²) in [5.74, 6) is -0.501. The molecule has 1 rings (SSSR count). The molecule has 0 spiro atoms. The summed E-state index contributed by atoms with van der Waals surface area (Å²) in [5, 5.41) is 11.7. The van der Waals surface area contributed by atoms with Crippen molar-refractivity contribution < 1.29 is 19.4 Å². The third-order valence-corrected chi connectivity index (χ3v) is 3.81. The van der Waals surface area contributed by atoms with E-state index in [1.54, 1.807) is 0 Å². The van der Waals surface area contributed by atoms with Crippen LogP contribution in [-0.4, -0.2) is 35.7 Å². The van der Waals surface area contributed by atoms with E-state index in [0.29, 0.717) is 12.3 Å². The van der Waals surface area contributed by atoms with Crippen molar-refractivity contribution in [3.8, 4) is 0 Å². The molecule has 1 aliphatic heterocycles. The van der Waals surface area contributed by atoms with E-state index in [0.717, 1.165) is 26.1 Å². The fourth-order valence-electron chi connectivity index (χ4n) is 2.36. The van der Waals surface area contributed by atoms with E-state index < -0.39 is 11.5 Å². The van der Waals surface area contributed by atoms with Crippen molar-refractivity contribution in [3.05, 3.63) is 0 Å². The number of ether oxygens (including phenoxy) is 1. The molecule has 0 aromatic rings. The first-order valence-electron chi connectivity index (χ1n) is 6.93. The Morgan fingerprint density at radius 3 is 2.47 bits per heavy atom. The summed E-state index contributed by atoms with van der Waals surface area (Å²) in [6, 6.07) is 0. The molecule has 1 unspecified atom stereocenters. The number of nitrogens with one attached hydrogen (secondary N) is 1. The summed E-state index contributed by atoms with van der Waals surface area (Å²) in [4.78, 5) is 22.8.